The van der Waals surface area contributed by atoms with Crippen molar-refractivity contribution in [1.82, 2.24) is 9.97 Å². The number of aromatic nitrogens is 2. The van der Waals surface area contributed by atoms with E-state index in [9.17, 15) is 17.2 Å². The molecule has 1 aromatic heterocycles. The fourth-order valence-corrected chi connectivity index (χ4v) is 3.94. The first-order chi connectivity index (χ1) is 14.9. The van der Waals surface area contributed by atoms with Gasteiger partial charge < -0.3 is 15.2 Å². The van der Waals surface area contributed by atoms with Crippen LogP contribution in [0.25, 0.3) is 0 Å². The summed E-state index contributed by atoms with van der Waals surface area (Å²) in [7, 11) is 0. The summed E-state index contributed by atoms with van der Waals surface area (Å²) in [6.07, 6.45) is 0.0139. The number of halogens is 3. The van der Waals surface area contributed by atoms with E-state index in [-0.39, 0.29) is 49.0 Å². The van der Waals surface area contributed by atoms with Crippen LogP contribution in [-0.4, -0.2) is 39.3 Å². The smallest absolute Gasteiger partial charge is 0.266 e. The number of nitrogens with zero attached hydrogens (tertiary/aromatic N) is 4. The van der Waals surface area contributed by atoms with Gasteiger partial charge >= 0.3 is 0 Å². The van der Waals surface area contributed by atoms with Crippen molar-refractivity contribution >= 4 is 28.9 Å². The van der Waals surface area contributed by atoms with Crippen LogP contribution in [0, 0.1) is 0 Å². The maximum absolute atomic E-state index is 13.9. The van der Waals surface area contributed by atoms with Crippen molar-refractivity contribution in [1.29, 1.82) is 0 Å². The van der Waals surface area contributed by atoms with Crippen LogP contribution in [0.1, 0.15) is 44.1 Å². The first-order valence-electron chi connectivity index (χ1n) is 10.3. The number of anilines is 3. The van der Waals surface area contributed by atoms with Crippen LogP contribution < -0.4 is 21.5 Å². The van der Waals surface area contributed by atoms with E-state index in [2.05, 4.69) is 9.97 Å². The highest BCUT2D eigenvalue weighted by Crippen LogP contribution is 2.37. The second kappa shape index (κ2) is 9.32. The van der Waals surface area contributed by atoms with Gasteiger partial charge in [-0.15, -0.1) is 0 Å². The highest BCUT2D eigenvalue weighted by molar-refractivity contribution is 7.86. The third-order valence-corrected chi connectivity index (χ3v) is 5.83. The standard InChI is InChI=1S/C21H29F3N6OS/c1-20(2,3)19-27-17(29-10-9-21(22,23)13-29)16(25)18(28-19)30(26)12-15-7-5-4-6-14(15)8-11-32(24)31/h4-7H,8-13,25-26H2,1-3H3. The molecule has 2 heterocycles. The summed E-state index contributed by atoms with van der Waals surface area (Å²) in [6.45, 7) is 5.60. The van der Waals surface area contributed by atoms with Crippen LogP contribution in [-0.2, 0) is 29.9 Å². The van der Waals surface area contributed by atoms with Gasteiger partial charge in [0.2, 0.25) is 0 Å². The predicted octanol–water partition coefficient (Wildman–Crippen LogP) is 3.26. The van der Waals surface area contributed by atoms with E-state index in [0.29, 0.717) is 5.82 Å². The number of hydrogen-bond acceptors (Lipinski definition) is 7. The summed E-state index contributed by atoms with van der Waals surface area (Å²) in [5.41, 5.74) is 7.59. The van der Waals surface area contributed by atoms with E-state index >= 15 is 0 Å². The summed E-state index contributed by atoms with van der Waals surface area (Å²) in [4.78, 5) is 10.5. The molecule has 1 aliphatic heterocycles. The monoisotopic (exact) mass is 470 g/mol. The summed E-state index contributed by atoms with van der Waals surface area (Å²) in [6, 6.07) is 7.28. The normalized spacial score (nSPS) is 16.9. The van der Waals surface area contributed by atoms with Gasteiger partial charge in [0.15, 0.2) is 23.2 Å². The van der Waals surface area contributed by atoms with Crippen LogP contribution in [0.5, 0.6) is 0 Å². The molecule has 32 heavy (non-hydrogen) atoms. The van der Waals surface area contributed by atoms with Crippen LogP contribution in [0.2, 0.25) is 0 Å². The van der Waals surface area contributed by atoms with Gasteiger partial charge in [0.1, 0.15) is 17.3 Å². The second-order valence-corrected chi connectivity index (χ2v) is 10.0. The van der Waals surface area contributed by atoms with E-state index in [4.69, 9.17) is 11.6 Å². The van der Waals surface area contributed by atoms with Crippen molar-refractivity contribution in [3.8, 4) is 0 Å². The van der Waals surface area contributed by atoms with Gasteiger partial charge in [0.05, 0.1) is 13.1 Å². The zero-order valence-electron chi connectivity index (χ0n) is 18.4. The van der Waals surface area contributed by atoms with Gasteiger partial charge in [-0.2, -0.15) is 0 Å². The molecule has 11 heteroatoms. The number of alkyl halides is 2. The molecule has 1 atom stereocenters. The average molecular weight is 471 g/mol. The lowest BCUT2D eigenvalue weighted by Gasteiger charge is -2.28. The molecule has 1 aliphatic rings. The number of nitrogens with two attached hydrogens (primary N) is 2. The van der Waals surface area contributed by atoms with Gasteiger partial charge in [0.25, 0.3) is 5.92 Å². The quantitative estimate of drug-likeness (QED) is 0.363. The Balaban J connectivity index is 1.96. The van der Waals surface area contributed by atoms with Crippen LogP contribution >= 0.6 is 0 Å². The number of rotatable bonds is 7. The third kappa shape index (κ3) is 5.76. The third-order valence-electron chi connectivity index (χ3n) is 5.31. The van der Waals surface area contributed by atoms with E-state index in [1.807, 2.05) is 45.0 Å². The molecule has 176 valence electrons. The molecule has 4 N–H and O–H groups in total. The Morgan fingerprint density at radius 2 is 1.88 bits per heavy atom. The van der Waals surface area contributed by atoms with Crippen molar-refractivity contribution in [3.63, 3.8) is 0 Å². The van der Waals surface area contributed by atoms with Gasteiger partial charge in [-0.05, 0) is 11.1 Å². The first-order valence-corrected chi connectivity index (χ1v) is 11.5. The molecule has 1 aromatic carbocycles. The Hall–Kier alpha value is -2.24. The van der Waals surface area contributed by atoms with Crippen molar-refractivity contribution in [2.45, 2.75) is 51.5 Å². The Kier molecular flexibility index (Phi) is 7.11. The Bertz CT molecular complexity index is 954. The molecule has 3 rings (SSSR count). The zero-order valence-corrected chi connectivity index (χ0v) is 19.3. The maximum atomic E-state index is 13.9. The molecule has 0 radical (unpaired) electrons. The molecule has 0 bridgehead atoms. The zero-order chi connectivity index (χ0) is 23.7. The number of hydrazine groups is 1. The minimum absolute atomic E-state index is 0.112. The topological polar surface area (TPSA) is 107 Å². The number of hydrogen-bond donors (Lipinski definition) is 2. The van der Waals surface area contributed by atoms with Crippen molar-refractivity contribution in [2.24, 2.45) is 5.84 Å². The van der Waals surface area contributed by atoms with E-state index in [1.54, 1.807) is 0 Å². The fourth-order valence-electron chi connectivity index (χ4n) is 3.56. The first kappa shape index (κ1) is 24.4. The van der Waals surface area contributed by atoms with Gasteiger partial charge in [-0.1, -0.05) is 45.0 Å². The van der Waals surface area contributed by atoms with Crippen molar-refractivity contribution < 1.29 is 17.2 Å². The molecule has 1 unspecified atom stereocenters. The summed E-state index contributed by atoms with van der Waals surface area (Å²) < 4.78 is 51.4. The molecule has 0 saturated carbocycles. The Morgan fingerprint density at radius 3 is 2.44 bits per heavy atom. The Labute approximate surface area is 189 Å². The van der Waals surface area contributed by atoms with Gasteiger partial charge in [-0.3, -0.25) is 5.01 Å². The van der Waals surface area contributed by atoms with Gasteiger partial charge in [-0.25, -0.2) is 24.6 Å². The van der Waals surface area contributed by atoms with Crippen LogP contribution in [0.3, 0.4) is 0 Å². The molecular weight excluding hydrogens is 441 g/mol. The Morgan fingerprint density at radius 1 is 1.22 bits per heavy atom. The lowest BCUT2D eigenvalue weighted by Crippen LogP contribution is -2.35. The molecule has 2 aromatic rings. The van der Waals surface area contributed by atoms with E-state index in [1.165, 1.54) is 9.91 Å². The van der Waals surface area contributed by atoms with Crippen molar-refractivity contribution in [3.05, 3.63) is 41.2 Å². The molecule has 1 fully saturated rings. The predicted molar refractivity (Wildman–Crippen MR) is 122 cm³/mol. The highest BCUT2D eigenvalue weighted by atomic mass is 32.3. The average Bonchev–Trinajstić information content (AvgIpc) is 3.06. The minimum Gasteiger partial charge on any atom is -0.581 e. The number of nitrogen functional groups attached to an aromatic ring is 1. The van der Waals surface area contributed by atoms with Gasteiger partial charge in [0, 0.05) is 28.7 Å². The molecule has 0 amide bonds. The van der Waals surface area contributed by atoms with E-state index < -0.39 is 29.4 Å². The molecule has 0 aliphatic carbocycles. The van der Waals surface area contributed by atoms with Crippen LogP contribution in [0.15, 0.2) is 24.3 Å². The van der Waals surface area contributed by atoms with Crippen LogP contribution in [0.4, 0.5) is 30.0 Å². The maximum Gasteiger partial charge on any atom is 0.266 e. The lowest BCUT2D eigenvalue weighted by atomic mass is 9.95. The summed E-state index contributed by atoms with van der Waals surface area (Å²) >= 11 is -2.40. The lowest BCUT2D eigenvalue weighted by molar-refractivity contribution is 0.0257. The minimum atomic E-state index is -2.81. The van der Waals surface area contributed by atoms with Crippen molar-refractivity contribution in [2.75, 3.05) is 34.5 Å². The largest absolute Gasteiger partial charge is 0.581 e. The molecule has 1 saturated heterocycles. The number of aryl methyl sites for hydroxylation is 1. The SMILES string of the molecule is CC(C)(C)c1nc(N(N)Cc2ccccc2CC[S+]([O-])F)c(N)c(N2CCC(F)(F)C2)n1. The second-order valence-electron chi connectivity index (χ2n) is 9.03. The number of benzene rings is 1. The fraction of sp³-hybridized carbons (Fsp3) is 0.524. The summed E-state index contributed by atoms with van der Waals surface area (Å²) in [5.74, 6) is 4.34. The van der Waals surface area contributed by atoms with E-state index in [0.717, 1.165) is 11.1 Å². The highest BCUT2D eigenvalue weighted by Gasteiger charge is 2.40. The molecule has 0 spiro atoms. The molecular formula is C21H29F3N6OS. The summed E-state index contributed by atoms with van der Waals surface area (Å²) in [5, 5.41) is 1.34. The molecule has 7 nitrogen and oxygen atoms in total.